The van der Waals surface area contributed by atoms with E-state index in [9.17, 15) is 9.90 Å². The molecule has 6 nitrogen and oxygen atoms in total. The molecule has 0 fully saturated rings. The van der Waals surface area contributed by atoms with Crippen LogP contribution in [0.1, 0.15) is 44.0 Å². The molecule has 0 spiro atoms. The first kappa shape index (κ1) is 15.4. The van der Waals surface area contributed by atoms with E-state index in [0.29, 0.717) is 28.9 Å². The number of carbonyl (C=O) groups excluding carboxylic acids is 1. The molecule has 0 aliphatic carbocycles. The quantitative estimate of drug-likeness (QED) is 0.757. The molecule has 0 aliphatic rings. The number of hydrogen-bond donors (Lipinski definition) is 3. The molecular formula is C15H22N4O2. The van der Waals surface area contributed by atoms with Gasteiger partial charge in [0.15, 0.2) is 0 Å². The molecular weight excluding hydrogens is 268 g/mol. The number of aliphatic hydroxyl groups is 1. The van der Waals surface area contributed by atoms with Gasteiger partial charge in [0.05, 0.1) is 11.2 Å². The molecule has 1 aromatic carbocycles. The van der Waals surface area contributed by atoms with Crippen LogP contribution in [0.5, 0.6) is 0 Å². The van der Waals surface area contributed by atoms with Gasteiger partial charge in [0, 0.05) is 6.54 Å². The first-order valence-electron chi connectivity index (χ1n) is 7.19. The fourth-order valence-corrected chi connectivity index (χ4v) is 2.11. The molecule has 0 aliphatic heterocycles. The van der Waals surface area contributed by atoms with Crippen LogP contribution in [0.15, 0.2) is 18.2 Å². The summed E-state index contributed by atoms with van der Waals surface area (Å²) in [7, 11) is 0. The number of para-hydroxylation sites is 1. The molecule has 0 unspecified atom stereocenters. The predicted octanol–water partition coefficient (Wildman–Crippen LogP) is 1.87. The smallest absolute Gasteiger partial charge is 0.253 e. The second-order valence-electron chi connectivity index (χ2n) is 6.11. The van der Waals surface area contributed by atoms with Crippen LogP contribution in [-0.4, -0.2) is 38.6 Å². The van der Waals surface area contributed by atoms with Crippen LogP contribution in [0.4, 0.5) is 0 Å². The minimum atomic E-state index is -0.905. The number of aromatic amines is 1. The molecule has 3 N–H and O–H groups in total. The van der Waals surface area contributed by atoms with Gasteiger partial charge in [-0.25, -0.2) is 0 Å². The van der Waals surface area contributed by atoms with E-state index in [1.807, 2.05) is 0 Å². The molecule has 1 heterocycles. The van der Waals surface area contributed by atoms with E-state index in [4.69, 9.17) is 0 Å². The van der Waals surface area contributed by atoms with E-state index in [1.165, 1.54) is 0 Å². The maximum absolute atomic E-state index is 12.2. The Morgan fingerprint density at radius 1 is 1.43 bits per heavy atom. The average Bonchev–Trinajstić information content (AvgIpc) is 2.91. The number of benzene rings is 1. The number of aromatic nitrogens is 3. The molecule has 0 saturated carbocycles. The van der Waals surface area contributed by atoms with Gasteiger partial charge < -0.3 is 10.4 Å². The summed E-state index contributed by atoms with van der Waals surface area (Å²) >= 11 is 0. The summed E-state index contributed by atoms with van der Waals surface area (Å²) < 4.78 is 0. The largest absolute Gasteiger partial charge is 0.388 e. The number of amides is 1. The number of nitrogens with zero attached hydrogens (tertiary/aromatic N) is 2. The van der Waals surface area contributed by atoms with Crippen LogP contribution >= 0.6 is 0 Å². The van der Waals surface area contributed by atoms with E-state index >= 15 is 0 Å². The zero-order valence-electron chi connectivity index (χ0n) is 12.7. The fraction of sp³-hybridized carbons (Fsp3) is 0.533. The van der Waals surface area contributed by atoms with Crippen LogP contribution in [0, 0.1) is 5.92 Å². The number of carbonyl (C=O) groups is 1. The highest BCUT2D eigenvalue weighted by molar-refractivity contribution is 6.04. The van der Waals surface area contributed by atoms with Gasteiger partial charge in [-0.05, 0) is 37.8 Å². The molecule has 114 valence electrons. The lowest BCUT2D eigenvalue weighted by Gasteiger charge is -2.24. The normalized spacial score (nSPS) is 14.3. The van der Waals surface area contributed by atoms with Crippen molar-refractivity contribution in [2.24, 2.45) is 5.92 Å². The summed E-state index contributed by atoms with van der Waals surface area (Å²) in [5.74, 6) is 0.273. The number of H-pyrrole nitrogens is 1. The molecule has 2 aromatic rings. The maximum atomic E-state index is 12.2. The van der Waals surface area contributed by atoms with Gasteiger partial charge in [-0.15, -0.1) is 0 Å². The van der Waals surface area contributed by atoms with E-state index in [1.54, 1.807) is 25.1 Å². The van der Waals surface area contributed by atoms with Crippen LogP contribution in [0.2, 0.25) is 0 Å². The maximum Gasteiger partial charge on any atom is 0.253 e. The van der Waals surface area contributed by atoms with Crippen molar-refractivity contribution in [3.63, 3.8) is 0 Å². The Bertz CT molecular complexity index is 619. The SMILES string of the molecule is CC(C)CC[C@@](C)(O)CNC(=O)c1cccc2n[nH]nc12. The number of rotatable bonds is 6. The van der Waals surface area contributed by atoms with Crippen LogP contribution < -0.4 is 5.32 Å². The second-order valence-corrected chi connectivity index (χ2v) is 6.11. The summed E-state index contributed by atoms with van der Waals surface area (Å²) in [4.78, 5) is 12.2. The van der Waals surface area contributed by atoms with Gasteiger partial charge in [-0.3, -0.25) is 4.79 Å². The van der Waals surface area contributed by atoms with E-state index in [2.05, 4.69) is 34.6 Å². The second kappa shape index (κ2) is 6.22. The van der Waals surface area contributed by atoms with Crippen LogP contribution in [-0.2, 0) is 0 Å². The lowest BCUT2D eigenvalue weighted by molar-refractivity contribution is 0.0429. The Morgan fingerprint density at radius 2 is 2.19 bits per heavy atom. The van der Waals surface area contributed by atoms with Crippen molar-refractivity contribution in [2.75, 3.05) is 6.54 Å². The van der Waals surface area contributed by atoms with Gasteiger partial charge in [-0.1, -0.05) is 19.9 Å². The third-order valence-corrected chi connectivity index (χ3v) is 3.48. The van der Waals surface area contributed by atoms with Crippen molar-refractivity contribution in [1.82, 2.24) is 20.7 Å². The first-order valence-corrected chi connectivity index (χ1v) is 7.19. The molecule has 0 saturated heterocycles. The van der Waals surface area contributed by atoms with E-state index in [-0.39, 0.29) is 12.5 Å². The van der Waals surface area contributed by atoms with Crippen molar-refractivity contribution >= 4 is 16.9 Å². The standard InChI is InChI=1S/C15H22N4O2/c1-10(2)7-8-15(3,21)9-16-14(20)11-5-4-6-12-13(11)18-19-17-12/h4-6,10,21H,7-9H2,1-3H3,(H,16,20)(H,17,18,19)/t15-/m1/s1. The van der Waals surface area contributed by atoms with Crippen molar-refractivity contribution < 1.29 is 9.90 Å². The number of nitrogens with one attached hydrogen (secondary N) is 2. The van der Waals surface area contributed by atoms with Crippen LogP contribution in [0.25, 0.3) is 11.0 Å². The number of hydrogen-bond acceptors (Lipinski definition) is 4. The number of fused-ring (bicyclic) bond motifs is 1. The minimum absolute atomic E-state index is 0.215. The van der Waals surface area contributed by atoms with Crippen molar-refractivity contribution in [3.8, 4) is 0 Å². The highest BCUT2D eigenvalue weighted by atomic mass is 16.3. The van der Waals surface area contributed by atoms with Gasteiger partial charge in [0.25, 0.3) is 5.91 Å². The predicted molar refractivity (Wildman–Crippen MR) is 80.9 cm³/mol. The molecule has 6 heteroatoms. The Kier molecular flexibility index (Phi) is 4.57. The Morgan fingerprint density at radius 3 is 2.90 bits per heavy atom. The third kappa shape index (κ3) is 4.01. The van der Waals surface area contributed by atoms with Gasteiger partial charge >= 0.3 is 0 Å². The lowest BCUT2D eigenvalue weighted by atomic mass is 9.95. The van der Waals surface area contributed by atoms with Gasteiger partial charge in [0.2, 0.25) is 0 Å². The summed E-state index contributed by atoms with van der Waals surface area (Å²) in [6.07, 6.45) is 1.57. The highest BCUT2D eigenvalue weighted by Gasteiger charge is 2.22. The summed E-state index contributed by atoms with van der Waals surface area (Å²) in [5, 5.41) is 23.5. The first-order chi connectivity index (χ1) is 9.89. The monoisotopic (exact) mass is 290 g/mol. The summed E-state index contributed by atoms with van der Waals surface area (Å²) in [6.45, 7) is 6.18. The molecule has 0 bridgehead atoms. The highest BCUT2D eigenvalue weighted by Crippen LogP contribution is 2.17. The van der Waals surface area contributed by atoms with Crippen molar-refractivity contribution in [1.29, 1.82) is 0 Å². The Hall–Kier alpha value is -1.95. The minimum Gasteiger partial charge on any atom is -0.388 e. The van der Waals surface area contributed by atoms with E-state index in [0.717, 1.165) is 6.42 Å². The summed E-state index contributed by atoms with van der Waals surface area (Å²) in [6, 6.07) is 5.24. The molecule has 21 heavy (non-hydrogen) atoms. The lowest BCUT2D eigenvalue weighted by Crippen LogP contribution is -2.40. The topological polar surface area (TPSA) is 90.9 Å². The zero-order valence-corrected chi connectivity index (χ0v) is 12.7. The zero-order chi connectivity index (χ0) is 15.5. The molecule has 2 rings (SSSR count). The molecule has 1 atom stereocenters. The van der Waals surface area contributed by atoms with Gasteiger partial charge in [0.1, 0.15) is 11.0 Å². The van der Waals surface area contributed by atoms with Crippen molar-refractivity contribution in [2.45, 2.75) is 39.2 Å². The average molecular weight is 290 g/mol. The third-order valence-electron chi connectivity index (χ3n) is 3.48. The fourth-order valence-electron chi connectivity index (χ4n) is 2.11. The molecule has 1 aromatic heterocycles. The molecule has 1 amide bonds. The molecule has 0 radical (unpaired) electrons. The van der Waals surface area contributed by atoms with Crippen LogP contribution in [0.3, 0.4) is 0 Å². The summed E-state index contributed by atoms with van der Waals surface area (Å²) in [5.41, 5.74) is 0.740. The Labute approximate surface area is 123 Å². The van der Waals surface area contributed by atoms with Crippen molar-refractivity contribution in [3.05, 3.63) is 23.8 Å². The van der Waals surface area contributed by atoms with Gasteiger partial charge in [-0.2, -0.15) is 15.4 Å². The van der Waals surface area contributed by atoms with E-state index < -0.39 is 5.60 Å². The Balaban J connectivity index is 2.00.